The number of rotatable bonds is 4. The molecule has 0 spiro atoms. The van der Waals surface area contributed by atoms with Crippen LogP contribution in [0.5, 0.6) is 11.5 Å². The second-order valence-corrected chi connectivity index (χ2v) is 5.65. The Balaban J connectivity index is 2.19. The molecule has 19 heavy (non-hydrogen) atoms. The van der Waals surface area contributed by atoms with E-state index in [-0.39, 0.29) is 11.6 Å². The third-order valence-electron chi connectivity index (χ3n) is 4.29. The second kappa shape index (κ2) is 5.39. The predicted molar refractivity (Wildman–Crippen MR) is 76.6 cm³/mol. The first-order valence-corrected chi connectivity index (χ1v) is 6.70. The Bertz CT molecular complexity index is 446. The lowest BCUT2D eigenvalue weighted by Crippen LogP contribution is -2.48. The number of likely N-dealkylation sites (tertiary alicyclic amines) is 1. The number of ether oxygens (including phenoxy) is 2. The predicted octanol–water partition coefficient (Wildman–Crippen LogP) is 2.02. The van der Waals surface area contributed by atoms with Crippen LogP contribution in [0.4, 0.5) is 0 Å². The molecular formula is C15H24N2O2. The van der Waals surface area contributed by atoms with Gasteiger partial charge in [0.1, 0.15) is 11.5 Å². The van der Waals surface area contributed by atoms with Gasteiger partial charge < -0.3 is 15.2 Å². The molecule has 0 aromatic heterocycles. The van der Waals surface area contributed by atoms with E-state index in [4.69, 9.17) is 15.2 Å². The minimum atomic E-state index is 0.0327. The maximum absolute atomic E-state index is 6.18. The Kier molecular flexibility index (Phi) is 4.02. The zero-order valence-electron chi connectivity index (χ0n) is 12.3. The van der Waals surface area contributed by atoms with E-state index in [0.717, 1.165) is 31.0 Å². The highest BCUT2D eigenvalue weighted by Crippen LogP contribution is 2.32. The number of benzene rings is 1. The van der Waals surface area contributed by atoms with Gasteiger partial charge in [0, 0.05) is 36.3 Å². The molecule has 0 bridgehead atoms. The summed E-state index contributed by atoms with van der Waals surface area (Å²) in [5.41, 5.74) is 7.38. The van der Waals surface area contributed by atoms with Gasteiger partial charge in [-0.25, -0.2) is 0 Å². The molecule has 4 heteroatoms. The molecule has 1 aromatic carbocycles. The lowest BCUT2D eigenvalue weighted by atomic mass is 9.96. The molecule has 0 amide bonds. The summed E-state index contributed by atoms with van der Waals surface area (Å²) in [4.78, 5) is 2.42. The minimum Gasteiger partial charge on any atom is -0.497 e. The van der Waals surface area contributed by atoms with Gasteiger partial charge in [0.25, 0.3) is 0 Å². The van der Waals surface area contributed by atoms with Crippen LogP contribution in [0.15, 0.2) is 18.2 Å². The van der Waals surface area contributed by atoms with Gasteiger partial charge in [0.05, 0.1) is 14.2 Å². The SMILES string of the molecule is COc1ccc(CN2CCC(N)C2(C)C)c(OC)c1. The van der Waals surface area contributed by atoms with Gasteiger partial charge in [-0.15, -0.1) is 0 Å². The molecule has 2 rings (SSSR count). The van der Waals surface area contributed by atoms with Crippen LogP contribution in [0.25, 0.3) is 0 Å². The number of nitrogens with two attached hydrogens (primary N) is 1. The molecule has 4 nitrogen and oxygen atoms in total. The van der Waals surface area contributed by atoms with E-state index < -0.39 is 0 Å². The molecule has 1 atom stereocenters. The molecular weight excluding hydrogens is 240 g/mol. The summed E-state index contributed by atoms with van der Waals surface area (Å²) in [6.07, 6.45) is 1.05. The van der Waals surface area contributed by atoms with Crippen molar-refractivity contribution in [2.75, 3.05) is 20.8 Å². The van der Waals surface area contributed by atoms with Crippen molar-refractivity contribution in [1.82, 2.24) is 4.90 Å². The van der Waals surface area contributed by atoms with Gasteiger partial charge in [0.15, 0.2) is 0 Å². The lowest BCUT2D eigenvalue weighted by Gasteiger charge is -2.34. The fourth-order valence-electron chi connectivity index (χ4n) is 2.64. The van der Waals surface area contributed by atoms with Crippen LogP contribution >= 0.6 is 0 Å². The Hall–Kier alpha value is -1.26. The molecule has 1 saturated heterocycles. The van der Waals surface area contributed by atoms with E-state index in [0.29, 0.717) is 0 Å². The van der Waals surface area contributed by atoms with Crippen molar-refractivity contribution in [2.45, 2.75) is 38.4 Å². The summed E-state index contributed by atoms with van der Waals surface area (Å²) in [6.45, 7) is 6.30. The average Bonchev–Trinajstić information content (AvgIpc) is 2.66. The molecule has 2 N–H and O–H groups in total. The third-order valence-corrected chi connectivity index (χ3v) is 4.29. The molecule has 1 heterocycles. The van der Waals surface area contributed by atoms with Gasteiger partial charge in [-0.05, 0) is 26.3 Å². The quantitative estimate of drug-likeness (QED) is 0.904. The average molecular weight is 264 g/mol. The Morgan fingerprint density at radius 1 is 1.32 bits per heavy atom. The van der Waals surface area contributed by atoms with Crippen molar-refractivity contribution in [3.63, 3.8) is 0 Å². The summed E-state index contributed by atoms with van der Waals surface area (Å²) < 4.78 is 10.7. The van der Waals surface area contributed by atoms with E-state index >= 15 is 0 Å². The van der Waals surface area contributed by atoms with E-state index in [2.05, 4.69) is 24.8 Å². The molecule has 106 valence electrons. The van der Waals surface area contributed by atoms with Crippen LogP contribution in [0.1, 0.15) is 25.8 Å². The summed E-state index contributed by atoms with van der Waals surface area (Å²) in [5.74, 6) is 1.69. The maximum Gasteiger partial charge on any atom is 0.127 e. The molecule has 1 unspecified atom stereocenters. The van der Waals surface area contributed by atoms with Crippen molar-refractivity contribution in [1.29, 1.82) is 0 Å². The Labute approximate surface area is 115 Å². The number of hydrogen-bond donors (Lipinski definition) is 1. The summed E-state index contributed by atoms with van der Waals surface area (Å²) >= 11 is 0. The van der Waals surface area contributed by atoms with Crippen LogP contribution in [0.3, 0.4) is 0 Å². The molecule has 1 aromatic rings. The van der Waals surface area contributed by atoms with Gasteiger partial charge in [-0.2, -0.15) is 0 Å². The zero-order chi connectivity index (χ0) is 14.0. The molecule has 0 saturated carbocycles. The van der Waals surface area contributed by atoms with Gasteiger partial charge >= 0.3 is 0 Å². The third kappa shape index (κ3) is 2.69. The number of nitrogens with zero attached hydrogens (tertiary/aromatic N) is 1. The second-order valence-electron chi connectivity index (χ2n) is 5.65. The molecule has 1 aliphatic heterocycles. The van der Waals surface area contributed by atoms with Crippen LogP contribution in [0, 0.1) is 0 Å². The van der Waals surface area contributed by atoms with Crippen molar-refractivity contribution >= 4 is 0 Å². The fourth-order valence-corrected chi connectivity index (χ4v) is 2.64. The standard InChI is InChI=1S/C15H24N2O2/c1-15(2)14(16)7-8-17(15)10-11-5-6-12(18-3)9-13(11)19-4/h5-6,9,14H,7-8,10,16H2,1-4H3. The van der Waals surface area contributed by atoms with E-state index in [1.54, 1.807) is 14.2 Å². The molecule has 1 aliphatic rings. The minimum absolute atomic E-state index is 0.0327. The van der Waals surface area contributed by atoms with Crippen LogP contribution in [-0.4, -0.2) is 37.2 Å². The fraction of sp³-hybridized carbons (Fsp3) is 0.600. The number of methoxy groups -OCH3 is 2. The van der Waals surface area contributed by atoms with Gasteiger partial charge in [0.2, 0.25) is 0 Å². The molecule has 0 radical (unpaired) electrons. The topological polar surface area (TPSA) is 47.7 Å². The first kappa shape index (κ1) is 14.2. The van der Waals surface area contributed by atoms with Crippen molar-refractivity contribution < 1.29 is 9.47 Å². The van der Waals surface area contributed by atoms with E-state index in [9.17, 15) is 0 Å². The van der Waals surface area contributed by atoms with Gasteiger partial charge in [-0.1, -0.05) is 6.07 Å². The lowest BCUT2D eigenvalue weighted by molar-refractivity contribution is 0.153. The molecule has 0 aliphatic carbocycles. The van der Waals surface area contributed by atoms with Crippen molar-refractivity contribution in [2.24, 2.45) is 5.73 Å². The Morgan fingerprint density at radius 3 is 2.58 bits per heavy atom. The summed E-state index contributed by atoms with van der Waals surface area (Å²) in [5, 5.41) is 0. The summed E-state index contributed by atoms with van der Waals surface area (Å²) in [6, 6.07) is 6.20. The first-order chi connectivity index (χ1) is 8.98. The van der Waals surface area contributed by atoms with E-state index in [1.165, 1.54) is 5.56 Å². The first-order valence-electron chi connectivity index (χ1n) is 6.70. The number of hydrogen-bond acceptors (Lipinski definition) is 4. The van der Waals surface area contributed by atoms with Gasteiger partial charge in [-0.3, -0.25) is 4.90 Å². The van der Waals surface area contributed by atoms with Crippen LogP contribution in [-0.2, 0) is 6.54 Å². The normalized spacial score (nSPS) is 22.5. The summed E-state index contributed by atoms with van der Waals surface area (Å²) in [7, 11) is 3.36. The van der Waals surface area contributed by atoms with Crippen molar-refractivity contribution in [3.8, 4) is 11.5 Å². The van der Waals surface area contributed by atoms with Crippen LogP contribution < -0.4 is 15.2 Å². The largest absolute Gasteiger partial charge is 0.497 e. The van der Waals surface area contributed by atoms with E-state index in [1.807, 2.05) is 12.1 Å². The zero-order valence-corrected chi connectivity index (χ0v) is 12.3. The smallest absolute Gasteiger partial charge is 0.127 e. The maximum atomic E-state index is 6.18. The Morgan fingerprint density at radius 2 is 2.05 bits per heavy atom. The highest BCUT2D eigenvalue weighted by atomic mass is 16.5. The van der Waals surface area contributed by atoms with Crippen molar-refractivity contribution in [3.05, 3.63) is 23.8 Å². The monoisotopic (exact) mass is 264 g/mol. The van der Waals surface area contributed by atoms with Crippen LogP contribution in [0.2, 0.25) is 0 Å². The molecule has 1 fully saturated rings. The highest BCUT2D eigenvalue weighted by Gasteiger charge is 2.38. The highest BCUT2D eigenvalue weighted by molar-refractivity contribution is 5.40.